The predicted molar refractivity (Wildman–Crippen MR) is 127 cm³/mol. The first-order valence-electron chi connectivity index (χ1n) is 13.1. The van der Waals surface area contributed by atoms with Gasteiger partial charge < -0.3 is 9.90 Å². The molecule has 0 aliphatic heterocycles. The SMILES string of the molecule is CC1C2=CCC3C45CCC(=O)C(C)(C=O)C4CCC35C2(C)CCC1(C)C(O)CC(C)(C)C. The lowest BCUT2D eigenvalue weighted by atomic mass is 9.48. The Morgan fingerprint density at radius 2 is 1.81 bits per heavy atom. The van der Waals surface area contributed by atoms with Gasteiger partial charge in [-0.05, 0) is 96.7 Å². The van der Waals surface area contributed by atoms with Gasteiger partial charge in [0.05, 0.1) is 11.5 Å². The first-order chi connectivity index (χ1) is 14.7. The van der Waals surface area contributed by atoms with E-state index < -0.39 is 5.41 Å². The summed E-state index contributed by atoms with van der Waals surface area (Å²) in [4.78, 5) is 25.1. The summed E-state index contributed by atoms with van der Waals surface area (Å²) in [6.07, 6.45) is 11.1. The van der Waals surface area contributed by atoms with E-state index in [-0.39, 0.29) is 44.9 Å². The number of aldehydes is 1. The molecule has 0 heterocycles. The van der Waals surface area contributed by atoms with Gasteiger partial charge in [0.1, 0.15) is 12.1 Å². The van der Waals surface area contributed by atoms with Crippen molar-refractivity contribution in [2.75, 3.05) is 0 Å². The third-order valence-electron chi connectivity index (χ3n) is 12.1. The number of Topliss-reactive ketones (excluding diaryl/α,β-unsaturated/α-hetero) is 1. The van der Waals surface area contributed by atoms with Crippen LogP contribution in [0.25, 0.3) is 0 Å². The van der Waals surface area contributed by atoms with Crippen molar-refractivity contribution in [3.63, 3.8) is 0 Å². The molecule has 5 rings (SSSR count). The van der Waals surface area contributed by atoms with Gasteiger partial charge in [-0.3, -0.25) is 4.79 Å². The van der Waals surface area contributed by atoms with Crippen LogP contribution in [0.4, 0.5) is 0 Å². The van der Waals surface area contributed by atoms with E-state index in [9.17, 15) is 14.7 Å². The maximum atomic E-state index is 12.9. The second-order valence-electron chi connectivity index (χ2n) is 14.2. The number of allylic oxidation sites excluding steroid dienone is 2. The molecule has 9 unspecified atom stereocenters. The van der Waals surface area contributed by atoms with Gasteiger partial charge in [0.15, 0.2) is 0 Å². The smallest absolute Gasteiger partial charge is 0.146 e. The highest BCUT2D eigenvalue weighted by atomic mass is 16.3. The Morgan fingerprint density at radius 3 is 2.44 bits per heavy atom. The Kier molecular flexibility index (Phi) is 4.54. The molecule has 0 aromatic heterocycles. The van der Waals surface area contributed by atoms with Crippen LogP contribution in [0.2, 0.25) is 0 Å². The summed E-state index contributed by atoms with van der Waals surface area (Å²) in [7, 11) is 0. The largest absolute Gasteiger partial charge is 0.393 e. The number of hydrogen-bond acceptors (Lipinski definition) is 3. The molecule has 5 aliphatic carbocycles. The van der Waals surface area contributed by atoms with Crippen molar-refractivity contribution in [3.8, 4) is 0 Å². The predicted octanol–water partition coefficient (Wildman–Crippen LogP) is 6.14. The fourth-order valence-corrected chi connectivity index (χ4v) is 10.3. The number of aliphatic hydroxyl groups is 1. The van der Waals surface area contributed by atoms with E-state index in [4.69, 9.17) is 0 Å². The van der Waals surface area contributed by atoms with Crippen molar-refractivity contribution >= 4 is 12.1 Å². The highest BCUT2D eigenvalue weighted by Crippen LogP contribution is 2.93. The van der Waals surface area contributed by atoms with E-state index in [0.29, 0.717) is 18.3 Å². The molecule has 32 heavy (non-hydrogen) atoms. The minimum absolute atomic E-state index is 0.0952. The zero-order valence-electron chi connectivity index (χ0n) is 21.4. The van der Waals surface area contributed by atoms with Crippen molar-refractivity contribution < 1.29 is 14.7 Å². The lowest BCUT2D eigenvalue weighted by Crippen LogP contribution is -2.52. The molecule has 4 fully saturated rings. The maximum Gasteiger partial charge on any atom is 0.146 e. The number of hydrogen-bond donors (Lipinski definition) is 1. The van der Waals surface area contributed by atoms with Crippen LogP contribution < -0.4 is 0 Å². The average Bonchev–Trinajstić information content (AvgIpc) is 3.12. The highest BCUT2D eigenvalue weighted by molar-refractivity contribution is 5.99. The fourth-order valence-electron chi connectivity index (χ4n) is 10.3. The van der Waals surface area contributed by atoms with E-state index in [0.717, 1.165) is 44.8 Å². The maximum absolute atomic E-state index is 12.9. The summed E-state index contributed by atoms with van der Waals surface area (Å²) in [5.41, 5.74) is 1.37. The summed E-state index contributed by atoms with van der Waals surface area (Å²) in [6, 6.07) is 0. The summed E-state index contributed by atoms with van der Waals surface area (Å²) in [5.74, 6) is 1.38. The van der Waals surface area contributed by atoms with Crippen molar-refractivity contribution in [1.82, 2.24) is 0 Å². The van der Waals surface area contributed by atoms with Crippen LogP contribution >= 0.6 is 0 Å². The summed E-state index contributed by atoms with van der Waals surface area (Å²) in [6.45, 7) is 15.8. The lowest BCUT2D eigenvalue weighted by molar-refractivity contribution is -0.144. The minimum Gasteiger partial charge on any atom is -0.393 e. The van der Waals surface area contributed by atoms with Crippen LogP contribution in [0.1, 0.15) is 99.8 Å². The molecule has 9 atom stereocenters. The van der Waals surface area contributed by atoms with Gasteiger partial charge in [0.2, 0.25) is 0 Å². The Labute approximate surface area is 194 Å². The van der Waals surface area contributed by atoms with Crippen LogP contribution in [0, 0.1) is 50.2 Å². The molecule has 3 nitrogen and oxygen atoms in total. The fraction of sp³-hybridized carbons (Fsp3) is 0.862. The van der Waals surface area contributed by atoms with E-state index >= 15 is 0 Å². The summed E-state index contributed by atoms with van der Waals surface area (Å²) in [5, 5.41) is 11.4. The van der Waals surface area contributed by atoms with Gasteiger partial charge in [-0.25, -0.2) is 0 Å². The molecule has 1 N–H and O–H groups in total. The number of carbonyl (C=O) groups excluding carboxylic acids is 2. The Hall–Kier alpha value is -0.960. The zero-order valence-corrected chi connectivity index (χ0v) is 21.4. The number of rotatable bonds is 3. The minimum atomic E-state index is -0.784. The Bertz CT molecular complexity index is 897. The van der Waals surface area contributed by atoms with Crippen LogP contribution in [0.3, 0.4) is 0 Å². The molecule has 0 radical (unpaired) electrons. The monoisotopic (exact) mass is 440 g/mol. The molecule has 2 spiro atoms. The Morgan fingerprint density at radius 1 is 1.12 bits per heavy atom. The van der Waals surface area contributed by atoms with Crippen molar-refractivity contribution in [2.45, 2.75) is 106 Å². The number of aliphatic hydroxyl groups excluding tert-OH is 1. The number of ketones is 1. The molecule has 178 valence electrons. The van der Waals surface area contributed by atoms with Gasteiger partial charge in [-0.1, -0.05) is 53.2 Å². The van der Waals surface area contributed by atoms with Gasteiger partial charge in [0.25, 0.3) is 0 Å². The highest BCUT2D eigenvalue weighted by Gasteiger charge is 2.89. The molecule has 5 aliphatic rings. The Balaban J connectivity index is 1.51. The van der Waals surface area contributed by atoms with E-state index in [1.165, 1.54) is 6.42 Å². The second-order valence-corrected chi connectivity index (χ2v) is 14.2. The molecule has 3 heteroatoms. The van der Waals surface area contributed by atoms with E-state index in [1.807, 2.05) is 6.92 Å². The topological polar surface area (TPSA) is 54.4 Å². The molecule has 0 bridgehead atoms. The second kappa shape index (κ2) is 6.37. The molecule has 4 saturated carbocycles. The summed E-state index contributed by atoms with van der Waals surface area (Å²) < 4.78 is 0. The quantitative estimate of drug-likeness (QED) is 0.326. The molecular weight excluding hydrogens is 396 g/mol. The lowest BCUT2D eigenvalue weighted by Gasteiger charge is -2.57. The average molecular weight is 441 g/mol. The molecule has 0 aromatic carbocycles. The van der Waals surface area contributed by atoms with Gasteiger partial charge in [0, 0.05) is 6.42 Å². The van der Waals surface area contributed by atoms with Crippen LogP contribution in [0.15, 0.2) is 11.6 Å². The van der Waals surface area contributed by atoms with Crippen molar-refractivity contribution in [1.29, 1.82) is 0 Å². The molecule has 0 aromatic rings. The van der Waals surface area contributed by atoms with Gasteiger partial charge in [-0.15, -0.1) is 0 Å². The van der Waals surface area contributed by atoms with E-state index in [2.05, 4.69) is 47.6 Å². The standard InChI is InChI=1S/C29H44O3/c1-18-19-8-9-21-28-12-11-22(31)26(6,17-30)20(28)10-13-29(21,28)27(19,7)15-14-25(18,5)23(32)16-24(2,3)4/h8,17-18,20-21,23,32H,9-16H2,1-7H3. The normalized spacial score (nSPS) is 52.8. The third-order valence-corrected chi connectivity index (χ3v) is 12.1. The van der Waals surface area contributed by atoms with Crippen LogP contribution in [-0.2, 0) is 9.59 Å². The van der Waals surface area contributed by atoms with Crippen molar-refractivity contribution in [2.24, 2.45) is 50.2 Å². The van der Waals surface area contributed by atoms with Gasteiger partial charge >= 0.3 is 0 Å². The van der Waals surface area contributed by atoms with Crippen molar-refractivity contribution in [3.05, 3.63) is 11.6 Å². The van der Waals surface area contributed by atoms with E-state index in [1.54, 1.807) is 5.57 Å². The molecule has 0 saturated heterocycles. The van der Waals surface area contributed by atoms with Crippen LogP contribution in [0.5, 0.6) is 0 Å². The van der Waals surface area contributed by atoms with Crippen LogP contribution in [-0.4, -0.2) is 23.3 Å². The number of carbonyl (C=O) groups is 2. The number of fused-ring (bicyclic) bond motifs is 1. The first kappa shape index (κ1) is 22.8. The summed E-state index contributed by atoms with van der Waals surface area (Å²) >= 11 is 0. The zero-order chi connectivity index (χ0) is 23.5. The molecule has 0 amide bonds. The third kappa shape index (κ3) is 2.33. The molecular formula is C29H44O3. The first-order valence-corrected chi connectivity index (χ1v) is 13.1. The van der Waals surface area contributed by atoms with Gasteiger partial charge in [-0.2, -0.15) is 0 Å².